The molecule has 0 radical (unpaired) electrons. The Morgan fingerprint density at radius 1 is 1.33 bits per heavy atom. The van der Waals surface area contributed by atoms with E-state index in [2.05, 4.69) is 0 Å². The summed E-state index contributed by atoms with van der Waals surface area (Å²) in [5.41, 5.74) is 0.203. The van der Waals surface area contributed by atoms with Crippen LogP contribution in [0.1, 0.15) is 37.6 Å². The van der Waals surface area contributed by atoms with Gasteiger partial charge in [0.1, 0.15) is 6.54 Å². The molecule has 1 aliphatic rings. The van der Waals surface area contributed by atoms with Gasteiger partial charge in [0.25, 0.3) is 11.6 Å². The van der Waals surface area contributed by atoms with Gasteiger partial charge in [0.05, 0.1) is 29.2 Å². The number of carbonyl (C=O) groups excluding carboxylic acids is 3. The van der Waals surface area contributed by atoms with Gasteiger partial charge in [-0.25, -0.2) is 0 Å². The first-order valence-electron chi connectivity index (χ1n) is 8.78. The van der Waals surface area contributed by atoms with Crippen LogP contribution in [-0.4, -0.2) is 53.8 Å². The smallest absolute Gasteiger partial charge is 0.307 e. The van der Waals surface area contributed by atoms with Crippen LogP contribution >= 0.6 is 0 Å². The zero-order valence-electron chi connectivity index (χ0n) is 15.6. The maximum Gasteiger partial charge on any atom is 0.307 e. The SMILES string of the molecule is CCOC(=O)CCN1CC(=O)N(CC(C)C)c2ccc([N+](=O)[O-])cc2C1=O. The lowest BCUT2D eigenvalue weighted by molar-refractivity contribution is -0.384. The van der Waals surface area contributed by atoms with E-state index >= 15 is 0 Å². The predicted molar refractivity (Wildman–Crippen MR) is 97.4 cm³/mol. The Balaban J connectivity index is 2.40. The third-order valence-electron chi connectivity index (χ3n) is 4.07. The second-order valence-corrected chi connectivity index (χ2v) is 6.64. The van der Waals surface area contributed by atoms with Crippen molar-refractivity contribution in [2.24, 2.45) is 5.92 Å². The molecule has 2 amide bonds. The van der Waals surface area contributed by atoms with Gasteiger partial charge in [-0.2, -0.15) is 0 Å². The summed E-state index contributed by atoms with van der Waals surface area (Å²) in [7, 11) is 0. The van der Waals surface area contributed by atoms with E-state index in [1.165, 1.54) is 28.0 Å². The van der Waals surface area contributed by atoms with Gasteiger partial charge >= 0.3 is 5.97 Å². The number of carbonyl (C=O) groups is 3. The van der Waals surface area contributed by atoms with Gasteiger partial charge in [0.15, 0.2) is 0 Å². The number of rotatable bonds is 7. The largest absolute Gasteiger partial charge is 0.466 e. The molecule has 0 N–H and O–H groups in total. The van der Waals surface area contributed by atoms with Crippen LogP contribution in [0.5, 0.6) is 0 Å². The molecule has 0 saturated heterocycles. The fourth-order valence-electron chi connectivity index (χ4n) is 2.87. The Morgan fingerprint density at radius 3 is 2.63 bits per heavy atom. The third-order valence-corrected chi connectivity index (χ3v) is 4.07. The molecular weight excluding hydrogens is 354 g/mol. The highest BCUT2D eigenvalue weighted by molar-refractivity contribution is 6.10. The Hall–Kier alpha value is -2.97. The van der Waals surface area contributed by atoms with Gasteiger partial charge in [0.2, 0.25) is 5.91 Å². The van der Waals surface area contributed by atoms with Gasteiger partial charge in [0, 0.05) is 25.2 Å². The molecule has 146 valence electrons. The molecule has 2 rings (SSSR count). The molecule has 0 unspecified atom stereocenters. The molecular formula is C18H23N3O6. The van der Waals surface area contributed by atoms with Crippen molar-refractivity contribution in [1.82, 2.24) is 4.90 Å². The fourth-order valence-corrected chi connectivity index (χ4v) is 2.87. The quantitative estimate of drug-likeness (QED) is 0.408. The highest BCUT2D eigenvalue weighted by atomic mass is 16.6. The molecule has 1 aromatic carbocycles. The fraction of sp³-hybridized carbons (Fsp3) is 0.500. The normalized spacial score (nSPS) is 14.2. The van der Waals surface area contributed by atoms with E-state index in [-0.39, 0.29) is 49.2 Å². The highest BCUT2D eigenvalue weighted by Crippen LogP contribution is 2.30. The van der Waals surface area contributed by atoms with Crippen molar-refractivity contribution in [2.45, 2.75) is 27.2 Å². The minimum Gasteiger partial charge on any atom is -0.466 e. The Kier molecular flexibility index (Phi) is 6.49. The van der Waals surface area contributed by atoms with Crippen LogP contribution in [0.4, 0.5) is 11.4 Å². The summed E-state index contributed by atoms with van der Waals surface area (Å²) < 4.78 is 4.86. The van der Waals surface area contributed by atoms with E-state index in [0.717, 1.165) is 0 Å². The maximum absolute atomic E-state index is 12.9. The van der Waals surface area contributed by atoms with Crippen LogP contribution in [0.15, 0.2) is 18.2 Å². The zero-order valence-corrected chi connectivity index (χ0v) is 15.6. The third kappa shape index (κ3) is 4.81. The molecule has 0 saturated carbocycles. The molecule has 1 aromatic rings. The van der Waals surface area contributed by atoms with Crippen molar-refractivity contribution in [1.29, 1.82) is 0 Å². The number of non-ortho nitro benzene ring substituents is 1. The summed E-state index contributed by atoms with van der Waals surface area (Å²) in [6.07, 6.45) is -0.0543. The molecule has 0 fully saturated rings. The molecule has 0 aliphatic carbocycles. The monoisotopic (exact) mass is 377 g/mol. The molecule has 0 spiro atoms. The Bertz CT molecular complexity index is 761. The topological polar surface area (TPSA) is 110 Å². The number of hydrogen-bond acceptors (Lipinski definition) is 6. The number of ether oxygens (including phenoxy) is 1. The molecule has 0 aromatic heterocycles. The number of esters is 1. The standard InChI is InChI=1S/C18H23N3O6/c1-4-27-17(23)7-8-19-11-16(22)20(10-12(2)3)15-6-5-13(21(25)26)9-14(15)18(19)24/h5-6,9,12H,4,7-8,10-11H2,1-3H3. The van der Waals surface area contributed by atoms with Gasteiger partial charge < -0.3 is 14.5 Å². The summed E-state index contributed by atoms with van der Waals surface area (Å²) in [4.78, 5) is 50.5. The van der Waals surface area contributed by atoms with Crippen molar-refractivity contribution >= 4 is 29.2 Å². The van der Waals surface area contributed by atoms with E-state index in [1.807, 2.05) is 13.8 Å². The first kappa shape index (κ1) is 20.3. The molecule has 9 heteroatoms. The van der Waals surface area contributed by atoms with E-state index in [4.69, 9.17) is 4.74 Å². The molecule has 9 nitrogen and oxygen atoms in total. The van der Waals surface area contributed by atoms with Crippen LogP contribution in [0.3, 0.4) is 0 Å². The second kappa shape index (κ2) is 8.61. The van der Waals surface area contributed by atoms with E-state index in [9.17, 15) is 24.5 Å². The predicted octanol–water partition coefficient (Wildman–Crippen LogP) is 1.99. The molecule has 0 bridgehead atoms. The average molecular weight is 377 g/mol. The number of nitro benzene ring substituents is 1. The van der Waals surface area contributed by atoms with Crippen LogP contribution < -0.4 is 4.90 Å². The maximum atomic E-state index is 12.9. The number of anilines is 1. The molecule has 0 atom stereocenters. The van der Waals surface area contributed by atoms with Gasteiger partial charge in [-0.15, -0.1) is 0 Å². The number of nitro groups is 1. The lowest BCUT2D eigenvalue weighted by atomic mass is 10.1. The van der Waals surface area contributed by atoms with Gasteiger partial charge in [-0.05, 0) is 18.9 Å². The summed E-state index contributed by atoms with van der Waals surface area (Å²) in [5, 5.41) is 11.1. The number of amides is 2. The number of fused-ring (bicyclic) bond motifs is 1. The van der Waals surface area contributed by atoms with Crippen molar-refractivity contribution in [2.75, 3.05) is 31.1 Å². The van der Waals surface area contributed by atoms with Crippen molar-refractivity contribution in [3.05, 3.63) is 33.9 Å². The van der Waals surface area contributed by atoms with Crippen LogP contribution in [-0.2, 0) is 14.3 Å². The number of hydrogen-bond donors (Lipinski definition) is 0. The van der Waals surface area contributed by atoms with Crippen LogP contribution in [0, 0.1) is 16.0 Å². The Morgan fingerprint density at radius 2 is 2.04 bits per heavy atom. The van der Waals surface area contributed by atoms with Crippen LogP contribution in [0.25, 0.3) is 0 Å². The minimum absolute atomic E-state index is 0.00105. The molecule has 1 heterocycles. The summed E-state index contributed by atoms with van der Waals surface area (Å²) >= 11 is 0. The summed E-state index contributed by atoms with van der Waals surface area (Å²) in [6.45, 7) is 5.95. The van der Waals surface area contributed by atoms with E-state index in [0.29, 0.717) is 12.2 Å². The number of nitrogens with zero attached hydrogens (tertiary/aromatic N) is 3. The highest BCUT2D eigenvalue weighted by Gasteiger charge is 2.33. The van der Waals surface area contributed by atoms with Crippen molar-refractivity contribution < 1.29 is 24.0 Å². The summed E-state index contributed by atoms with van der Waals surface area (Å²) in [6, 6.07) is 3.89. The second-order valence-electron chi connectivity index (χ2n) is 6.64. The average Bonchev–Trinajstić information content (AvgIpc) is 2.70. The van der Waals surface area contributed by atoms with E-state index in [1.54, 1.807) is 6.92 Å². The van der Waals surface area contributed by atoms with Crippen molar-refractivity contribution in [3.8, 4) is 0 Å². The summed E-state index contributed by atoms with van der Waals surface area (Å²) in [5.74, 6) is -1.15. The van der Waals surface area contributed by atoms with Gasteiger partial charge in [-0.3, -0.25) is 24.5 Å². The lowest BCUT2D eigenvalue weighted by Gasteiger charge is -2.24. The molecule has 1 aliphatic heterocycles. The first-order chi connectivity index (χ1) is 12.7. The first-order valence-corrected chi connectivity index (χ1v) is 8.78. The Labute approximate surface area is 157 Å². The molecule has 27 heavy (non-hydrogen) atoms. The van der Waals surface area contributed by atoms with E-state index < -0.39 is 16.8 Å². The zero-order chi connectivity index (χ0) is 20.1. The van der Waals surface area contributed by atoms with Gasteiger partial charge in [-0.1, -0.05) is 13.8 Å². The minimum atomic E-state index is -0.587. The van der Waals surface area contributed by atoms with Crippen LogP contribution in [0.2, 0.25) is 0 Å². The lowest BCUT2D eigenvalue weighted by Crippen LogP contribution is -2.41. The van der Waals surface area contributed by atoms with Crippen molar-refractivity contribution in [3.63, 3.8) is 0 Å². The number of benzene rings is 1.